The number of carboxylic acids is 1. The van der Waals surface area contributed by atoms with Gasteiger partial charge in [-0.1, -0.05) is 13.0 Å². The number of carbonyl (C=O) groups is 2. The van der Waals surface area contributed by atoms with E-state index in [1.165, 1.54) is 0 Å². The minimum Gasteiger partial charge on any atom is -0.480 e. The van der Waals surface area contributed by atoms with Gasteiger partial charge in [-0.15, -0.1) is 0 Å². The highest BCUT2D eigenvalue weighted by atomic mass is 35.5. The summed E-state index contributed by atoms with van der Waals surface area (Å²) < 4.78 is 0. The van der Waals surface area contributed by atoms with Crippen molar-refractivity contribution in [1.29, 1.82) is 0 Å². The van der Waals surface area contributed by atoms with E-state index in [-0.39, 0.29) is 0 Å². The van der Waals surface area contributed by atoms with Crippen LogP contribution in [0.4, 0.5) is 0 Å². The number of allylic oxidation sites excluding steroid dienone is 1. The average Bonchev–Trinajstić information content (AvgIpc) is 2.18. The van der Waals surface area contributed by atoms with Gasteiger partial charge in [0.2, 0.25) is 5.24 Å². The molecule has 0 aliphatic carbocycles. The van der Waals surface area contributed by atoms with Gasteiger partial charge in [0.15, 0.2) is 0 Å². The van der Waals surface area contributed by atoms with Gasteiger partial charge < -0.3 is 16.6 Å². The van der Waals surface area contributed by atoms with Crippen molar-refractivity contribution < 1.29 is 14.7 Å². The zero-order valence-corrected chi connectivity index (χ0v) is 9.24. The maximum atomic E-state index is 10.1. The zero-order valence-electron chi connectivity index (χ0n) is 8.49. The molecular weight excluding hydrogens is 220 g/mol. The quantitative estimate of drug-likeness (QED) is 0.353. The molecule has 0 radical (unpaired) electrons. The lowest BCUT2D eigenvalue weighted by atomic mass is 10.1. The van der Waals surface area contributed by atoms with Crippen molar-refractivity contribution >= 4 is 22.8 Å². The van der Waals surface area contributed by atoms with E-state index in [1.807, 2.05) is 0 Å². The van der Waals surface area contributed by atoms with Crippen LogP contribution in [0.1, 0.15) is 19.3 Å². The zero-order chi connectivity index (χ0) is 12.3. The first-order chi connectivity index (χ1) is 6.95. The highest BCUT2D eigenvalue weighted by Crippen LogP contribution is 1.96. The maximum Gasteiger partial charge on any atom is 0.320 e. The van der Waals surface area contributed by atoms with Crippen molar-refractivity contribution in [2.75, 3.05) is 6.54 Å². The third kappa shape index (κ3) is 15.8. The topological polar surface area (TPSA) is 106 Å². The van der Waals surface area contributed by atoms with E-state index in [1.54, 1.807) is 0 Å². The van der Waals surface area contributed by atoms with Gasteiger partial charge >= 0.3 is 5.97 Å². The van der Waals surface area contributed by atoms with Gasteiger partial charge in [0, 0.05) is 0 Å². The molecule has 0 rings (SSSR count). The summed E-state index contributed by atoms with van der Waals surface area (Å²) >= 11 is 4.71. The number of nitrogens with two attached hydrogens (primary N) is 2. The molecule has 15 heavy (non-hydrogen) atoms. The average molecular weight is 237 g/mol. The van der Waals surface area contributed by atoms with E-state index in [2.05, 4.69) is 6.58 Å². The Bertz CT molecular complexity index is 210. The number of hydrogen-bond acceptors (Lipinski definition) is 4. The van der Waals surface area contributed by atoms with Gasteiger partial charge in [0.1, 0.15) is 6.04 Å². The number of halogens is 1. The van der Waals surface area contributed by atoms with Crippen LogP contribution in [-0.4, -0.2) is 28.9 Å². The van der Waals surface area contributed by atoms with E-state index in [4.69, 9.17) is 28.2 Å². The van der Waals surface area contributed by atoms with Crippen molar-refractivity contribution in [1.82, 2.24) is 0 Å². The van der Waals surface area contributed by atoms with E-state index >= 15 is 0 Å². The smallest absolute Gasteiger partial charge is 0.320 e. The molecule has 0 fully saturated rings. The van der Waals surface area contributed by atoms with Gasteiger partial charge in [-0.25, -0.2) is 0 Å². The monoisotopic (exact) mass is 236 g/mol. The molecule has 0 aliphatic rings. The van der Waals surface area contributed by atoms with Crippen molar-refractivity contribution in [3.05, 3.63) is 12.7 Å². The first-order valence-electron chi connectivity index (χ1n) is 4.46. The second-order valence-electron chi connectivity index (χ2n) is 2.74. The van der Waals surface area contributed by atoms with Gasteiger partial charge in [-0.2, -0.15) is 0 Å². The molecule has 0 saturated heterocycles. The summed E-state index contributed by atoms with van der Waals surface area (Å²) in [6.45, 7) is 3.68. The molecule has 1 atom stereocenters. The summed E-state index contributed by atoms with van der Waals surface area (Å²) in [6.07, 6.45) is 3.21. The largest absolute Gasteiger partial charge is 0.480 e. The van der Waals surface area contributed by atoms with E-state index in [9.17, 15) is 9.59 Å². The number of carbonyl (C=O) groups excluding carboxylic acids is 1. The summed E-state index contributed by atoms with van der Waals surface area (Å²) in [5, 5.41) is 7.82. The fraction of sp³-hybridized carbons (Fsp3) is 0.556. The number of carboxylic acid groups (broad SMARTS) is 1. The van der Waals surface area contributed by atoms with Gasteiger partial charge in [0.05, 0.1) is 0 Å². The number of rotatable bonds is 6. The first-order valence-corrected chi connectivity index (χ1v) is 4.83. The predicted octanol–water partition coefficient (Wildman–Crippen LogP) is 0.465. The van der Waals surface area contributed by atoms with Crippen LogP contribution < -0.4 is 11.5 Å². The van der Waals surface area contributed by atoms with Crippen molar-refractivity contribution in [3.63, 3.8) is 0 Å². The highest BCUT2D eigenvalue weighted by molar-refractivity contribution is 6.66. The van der Waals surface area contributed by atoms with Crippen LogP contribution in [0, 0.1) is 0 Å². The molecule has 6 heteroatoms. The molecule has 0 amide bonds. The third-order valence-corrected chi connectivity index (χ3v) is 1.60. The SMILES string of the molecule is C=CC(=O)Cl.NCCCC[C@H](N)C(=O)O. The normalized spacial score (nSPS) is 10.9. The number of aliphatic carboxylic acids is 1. The second kappa shape index (κ2) is 11.2. The molecule has 0 aromatic carbocycles. The van der Waals surface area contributed by atoms with Crippen molar-refractivity contribution in [2.24, 2.45) is 11.5 Å². The van der Waals surface area contributed by atoms with Crippen molar-refractivity contribution in [2.45, 2.75) is 25.3 Å². The van der Waals surface area contributed by atoms with Gasteiger partial charge in [-0.05, 0) is 37.1 Å². The summed E-state index contributed by atoms with van der Waals surface area (Å²) in [4.78, 5) is 19.6. The summed E-state index contributed by atoms with van der Waals surface area (Å²) in [5.74, 6) is -0.933. The molecule has 5 N–H and O–H groups in total. The first kappa shape index (κ1) is 16.5. The van der Waals surface area contributed by atoms with E-state index < -0.39 is 17.3 Å². The Morgan fingerprint density at radius 1 is 1.47 bits per heavy atom. The van der Waals surface area contributed by atoms with E-state index in [0.717, 1.165) is 18.9 Å². The Labute approximate surface area is 94.1 Å². The molecule has 0 saturated carbocycles. The Balaban J connectivity index is 0. The Morgan fingerprint density at radius 2 is 1.93 bits per heavy atom. The molecule has 5 nitrogen and oxygen atoms in total. The number of hydrogen-bond donors (Lipinski definition) is 3. The molecule has 0 aromatic heterocycles. The Kier molecular flexibility index (Phi) is 12.3. The molecule has 0 spiro atoms. The standard InChI is InChI=1S/C6H14N2O2.C3H3ClO/c7-4-2-1-3-5(8)6(9)10;1-2-3(4)5/h5H,1-4,7-8H2,(H,9,10);2H,1H2/t5-;/m0./s1. The molecule has 0 bridgehead atoms. The lowest BCUT2D eigenvalue weighted by molar-refractivity contribution is -0.138. The number of unbranched alkanes of at least 4 members (excludes halogenated alkanes) is 1. The fourth-order valence-electron chi connectivity index (χ4n) is 0.632. The van der Waals surface area contributed by atoms with Crippen LogP contribution in [-0.2, 0) is 9.59 Å². The molecule has 0 unspecified atom stereocenters. The van der Waals surface area contributed by atoms with E-state index in [0.29, 0.717) is 13.0 Å². The lowest BCUT2D eigenvalue weighted by Crippen LogP contribution is -2.29. The maximum absolute atomic E-state index is 10.1. The Hall–Kier alpha value is -0.910. The van der Waals surface area contributed by atoms with Crippen LogP contribution in [0.5, 0.6) is 0 Å². The summed E-state index contributed by atoms with van der Waals surface area (Å²) in [6, 6.07) is -0.716. The van der Waals surface area contributed by atoms with Crippen LogP contribution in [0.15, 0.2) is 12.7 Å². The molecule has 0 aromatic rings. The third-order valence-electron chi connectivity index (χ3n) is 1.45. The summed E-state index contributed by atoms with van der Waals surface area (Å²) in [7, 11) is 0. The molecule has 0 aliphatic heterocycles. The van der Waals surface area contributed by atoms with Crippen molar-refractivity contribution in [3.8, 4) is 0 Å². The minimum absolute atomic E-state index is 0.509. The van der Waals surface area contributed by atoms with Crippen LogP contribution in [0.2, 0.25) is 0 Å². The molecule has 88 valence electrons. The van der Waals surface area contributed by atoms with Crippen LogP contribution in [0.25, 0.3) is 0 Å². The fourth-order valence-corrected chi connectivity index (χ4v) is 0.632. The Morgan fingerprint density at radius 3 is 2.20 bits per heavy atom. The van der Waals surface area contributed by atoms with Gasteiger partial charge in [0.25, 0.3) is 0 Å². The molecular formula is C9H17ClN2O3. The highest BCUT2D eigenvalue weighted by Gasteiger charge is 2.09. The van der Waals surface area contributed by atoms with Gasteiger partial charge in [-0.3, -0.25) is 9.59 Å². The minimum atomic E-state index is -0.933. The van der Waals surface area contributed by atoms with Crippen LogP contribution in [0.3, 0.4) is 0 Å². The summed E-state index contributed by atoms with van der Waals surface area (Å²) in [5.41, 5.74) is 10.4. The van der Waals surface area contributed by atoms with Crippen LogP contribution >= 0.6 is 11.6 Å². The lowest BCUT2D eigenvalue weighted by Gasteiger charge is -2.03. The molecule has 0 heterocycles. The second-order valence-corrected chi connectivity index (χ2v) is 3.11. The predicted molar refractivity (Wildman–Crippen MR) is 59.6 cm³/mol.